The minimum atomic E-state index is 0.619. The van der Waals surface area contributed by atoms with Crippen molar-refractivity contribution in [2.45, 2.75) is 0 Å². The molecule has 0 N–H and O–H groups in total. The van der Waals surface area contributed by atoms with Crippen LogP contribution in [0.2, 0.25) is 0 Å². The summed E-state index contributed by atoms with van der Waals surface area (Å²) in [5.74, 6) is 1.87. The van der Waals surface area contributed by atoms with Gasteiger partial charge in [0.05, 0.1) is 0 Å². The molecule has 4 heteroatoms. The monoisotopic (exact) mass is 651 g/mol. The molecule has 2 heterocycles. The van der Waals surface area contributed by atoms with E-state index < -0.39 is 0 Å². The van der Waals surface area contributed by atoms with E-state index in [4.69, 9.17) is 19.4 Å². The molecule has 0 fully saturated rings. The standard InChI is InChI=1S/C47H29N3O/c1-3-9-30(10-4-1)32-15-17-33(18-16-32)45-48-46(38-23-21-35-25-34(19-20-36(35)26-38)31-11-5-2-6-12-31)50-47(49-45)39-24-22-37-28-42-41-13-7-8-14-43(41)51-44(42)29-40(37)27-39/h1-29H. The molecule has 0 atom stereocenters. The summed E-state index contributed by atoms with van der Waals surface area (Å²) in [6.45, 7) is 0. The van der Waals surface area contributed by atoms with Gasteiger partial charge in [-0.3, -0.25) is 0 Å². The largest absolute Gasteiger partial charge is 0.456 e. The Morgan fingerprint density at radius 3 is 1.39 bits per heavy atom. The number of nitrogens with zero attached hydrogens (tertiary/aromatic N) is 3. The SMILES string of the molecule is c1ccc(-c2ccc(-c3nc(-c4ccc5cc(-c6ccccc6)ccc5c4)nc(-c4ccc5cc6c(cc5c4)oc4ccccc46)n3)cc2)cc1. The van der Waals surface area contributed by atoms with E-state index in [9.17, 15) is 0 Å². The molecule has 0 saturated heterocycles. The summed E-state index contributed by atoms with van der Waals surface area (Å²) in [6.07, 6.45) is 0. The molecule has 0 amide bonds. The lowest BCUT2D eigenvalue weighted by Crippen LogP contribution is -2.00. The number of aromatic nitrogens is 3. The maximum absolute atomic E-state index is 6.23. The van der Waals surface area contributed by atoms with Crippen LogP contribution in [0.25, 0.3) is 99.9 Å². The molecule has 238 valence electrons. The van der Waals surface area contributed by atoms with Gasteiger partial charge in [0.25, 0.3) is 0 Å². The fraction of sp³-hybridized carbons (Fsp3) is 0. The Balaban J connectivity index is 1.10. The summed E-state index contributed by atoms with van der Waals surface area (Å²) in [6, 6.07) is 61.2. The highest BCUT2D eigenvalue weighted by Crippen LogP contribution is 2.35. The zero-order valence-electron chi connectivity index (χ0n) is 27.5. The second-order valence-electron chi connectivity index (χ2n) is 12.9. The van der Waals surface area contributed by atoms with Gasteiger partial charge in [-0.25, -0.2) is 15.0 Å². The maximum Gasteiger partial charge on any atom is 0.164 e. The van der Waals surface area contributed by atoms with Gasteiger partial charge in [-0.1, -0.05) is 140 Å². The molecule has 0 radical (unpaired) electrons. The van der Waals surface area contributed by atoms with Crippen LogP contribution in [0.1, 0.15) is 0 Å². The minimum Gasteiger partial charge on any atom is -0.456 e. The minimum absolute atomic E-state index is 0.619. The van der Waals surface area contributed by atoms with E-state index in [1.165, 1.54) is 16.7 Å². The van der Waals surface area contributed by atoms with Crippen LogP contribution in [0.15, 0.2) is 180 Å². The van der Waals surface area contributed by atoms with Crippen molar-refractivity contribution in [2.24, 2.45) is 0 Å². The van der Waals surface area contributed by atoms with Crippen LogP contribution in [0.4, 0.5) is 0 Å². The Bertz CT molecular complexity index is 2900. The molecule has 8 aromatic carbocycles. The predicted molar refractivity (Wildman–Crippen MR) is 209 cm³/mol. The lowest BCUT2D eigenvalue weighted by molar-refractivity contribution is 0.669. The molecule has 10 aromatic rings. The molecule has 0 aliphatic carbocycles. The van der Waals surface area contributed by atoms with Gasteiger partial charge in [0.2, 0.25) is 0 Å². The number of benzene rings is 8. The highest BCUT2D eigenvalue weighted by atomic mass is 16.3. The van der Waals surface area contributed by atoms with Crippen LogP contribution < -0.4 is 0 Å². The highest BCUT2D eigenvalue weighted by molar-refractivity contribution is 6.10. The second-order valence-corrected chi connectivity index (χ2v) is 12.9. The molecular formula is C47H29N3O. The lowest BCUT2D eigenvalue weighted by Gasteiger charge is -2.11. The van der Waals surface area contributed by atoms with Crippen LogP contribution in [-0.4, -0.2) is 15.0 Å². The van der Waals surface area contributed by atoms with Gasteiger partial charge in [-0.2, -0.15) is 0 Å². The molecule has 0 aliphatic rings. The molecule has 0 bridgehead atoms. The topological polar surface area (TPSA) is 51.8 Å². The quantitative estimate of drug-likeness (QED) is 0.186. The number of hydrogen-bond donors (Lipinski definition) is 0. The molecule has 51 heavy (non-hydrogen) atoms. The van der Waals surface area contributed by atoms with E-state index in [0.29, 0.717) is 17.5 Å². The molecule has 0 unspecified atom stereocenters. The fourth-order valence-corrected chi connectivity index (χ4v) is 7.01. The van der Waals surface area contributed by atoms with Crippen molar-refractivity contribution in [3.8, 4) is 56.4 Å². The summed E-state index contributed by atoms with van der Waals surface area (Å²) in [5, 5.41) is 6.72. The molecule has 0 spiro atoms. The first kappa shape index (κ1) is 29.0. The Morgan fingerprint density at radius 2 is 0.725 bits per heavy atom. The van der Waals surface area contributed by atoms with Crippen LogP contribution in [0.5, 0.6) is 0 Å². The predicted octanol–water partition coefficient (Wildman–Crippen LogP) is 12.4. The summed E-state index contributed by atoms with van der Waals surface area (Å²) in [7, 11) is 0. The maximum atomic E-state index is 6.23. The van der Waals surface area contributed by atoms with Crippen LogP contribution in [0.3, 0.4) is 0 Å². The van der Waals surface area contributed by atoms with Crippen molar-refractivity contribution in [3.63, 3.8) is 0 Å². The average Bonchev–Trinajstić information content (AvgIpc) is 3.57. The molecule has 2 aromatic heterocycles. The van der Waals surface area contributed by atoms with Crippen molar-refractivity contribution >= 4 is 43.5 Å². The van der Waals surface area contributed by atoms with Crippen molar-refractivity contribution in [1.29, 1.82) is 0 Å². The van der Waals surface area contributed by atoms with E-state index in [1.54, 1.807) is 0 Å². The third-order valence-electron chi connectivity index (χ3n) is 9.69. The van der Waals surface area contributed by atoms with Gasteiger partial charge in [0.1, 0.15) is 11.2 Å². The van der Waals surface area contributed by atoms with Gasteiger partial charge < -0.3 is 4.42 Å². The fourth-order valence-electron chi connectivity index (χ4n) is 7.01. The first-order valence-corrected chi connectivity index (χ1v) is 17.1. The van der Waals surface area contributed by atoms with E-state index in [1.807, 2.05) is 30.3 Å². The number of furan rings is 1. The highest BCUT2D eigenvalue weighted by Gasteiger charge is 2.15. The first-order valence-electron chi connectivity index (χ1n) is 17.1. The Kier molecular flexibility index (Phi) is 6.78. The van der Waals surface area contributed by atoms with Crippen LogP contribution in [-0.2, 0) is 0 Å². The van der Waals surface area contributed by atoms with Crippen molar-refractivity contribution < 1.29 is 4.42 Å². The summed E-state index contributed by atoms with van der Waals surface area (Å²) < 4.78 is 6.23. The number of hydrogen-bond acceptors (Lipinski definition) is 4. The molecule has 4 nitrogen and oxygen atoms in total. The lowest BCUT2D eigenvalue weighted by atomic mass is 10.00. The molecule has 10 rings (SSSR count). The number of rotatable bonds is 5. The Morgan fingerprint density at radius 1 is 0.275 bits per heavy atom. The van der Waals surface area contributed by atoms with Crippen molar-refractivity contribution in [2.75, 3.05) is 0 Å². The zero-order chi connectivity index (χ0) is 33.7. The second kappa shape index (κ2) is 11.9. The first-order chi connectivity index (χ1) is 25.2. The van der Waals surface area contributed by atoms with Gasteiger partial charge in [0, 0.05) is 27.5 Å². The van der Waals surface area contributed by atoms with Crippen LogP contribution >= 0.6 is 0 Å². The van der Waals surface area contributed by atoms with E-state index in [2.05, 4.69) is 146 Å². The van der Waals surface area contributed by atoms with E-state index >= 15 is 0 Å². The molecule has 0 aliphatic heterocycles. The zero-order valence-corrected chi connectivity index (χ0v) is 27.5. The average molecular weight is 652 g/mol. The van der Waals surface area contributed by atoms with Gasteiger partial charge in [-0.05, 0) is 80.2 Å². The van der Waals surface area contributed by atoms with Crippen molar-refractivity contribution in [3.05, 3.63) is 176 Å². The number of para-hydroxylation sites is 1. The summed E-state index contributed by atoms with van der Waals surface area (Å²) in [5.41, 5.74) is 9.23. The van der Waals surface area contributed by atoms with Gasteiger partial charge in [0.15, 0.2) is 17.5 Å². The Labute approximate surface area is 294 Å². The van der Waals surface area contributed by atoms with E-state index in [-0.39, 0.29) is 0 Å². The number of fused-ring (bicyclic) bond motifs is 5. The van der Waals surface area contributed by atoms with Gasteiger partial charge >= 0.3 is 0 Å². The Hall–Kier alpha value is -6.91. The van der Waals surface area contributed by atoms with Crippen molar-refractivity contribution in [1.82, 2.24) is 15.0 Å². The van der Waals surface area contributed by atoms with E-state index in [0.717, 1.165) is 65.7 Å². The third-order valence-corrected chi connectivity index (χ3v) is 9.69. The third kappa shape index (κ3) is 5.31. The molecule has 0 saturated carbocycles. The summed E-state index contributed by atoms with van der Waals surface area (Å²) in [4.78, 5) is 15.2. The summed E-state index contributed by atoms with van der Waals surface area (Å²) >= 11 is 0. The van der Waals surface area contributed by atoms with Gasteiger partial charge in [-0.15, -0.1) is 0 Å². The smallest absolute Gasteiger partial charge is 0.164 e. The normalized spacial score (nSPS) is 11.5. The van der Waals surface area contributed by atoms with Crippen LogP contribution in [0, 0.1) is 0 Å². The molecular weight excluding hydrogens is 623 g/mol.